The molecule has 0 unspecified atom stereocenters. The van der Waals surface area contributed by atoms with Crippen molar-refractivity contribution in [1.82, 2.24) is 9.80 Å². The number of benzene rings is 2. The van der Waals surface area contributed by atoms with E-state index >= 15 is 0 Å². The van der Waals surface area contributed by atoms with Gasteiger partial charge >= 0.3 is 0 Å². The third kappa shape index (κ3) is 5.97. The summed E-state index contributed by atoms with van der Waals surface area (Å²) < 4.78 is 11.8. The molecule has 1 saturated heterocycles. The van der Waals surface area contributed by atoms with E-state index in [-0.39, 0.29) is 0 Å². The molecule has 0 atom stereocenters. The van der Waals surface area contributed by atoms with Crippen LogP contribution in [0.1, 0.15) is 17.5 Å². The molecular weight excluding hydrogens is 416 g/mol. The number of halogens is 1. The Bertz CT molecular complexity index is 731. The van der Waals surface area contributed by atoms with Crippen LogP contribution >= 0.6 is 15.9 Å². The van der Waals surface area contributed by atoms with E-state index in [0.29, 0.717) is 0 Å². The molecule has 5 heteroatoms. The number of hydrogen-bond acceptors (Lipinski definition) is 4. The standard InChI is InChI=1S/C23H31BrN2O2/c1-27-22-18-20(17-21(24)23(22)28-2)10-12-26-15-13-25(14-16-26)11-6-9-19-7-4-3-5-8-19/h3-5,7-8,17-18H,6,9-16H2,1-2H3. The van der Waals surface area contributed by atoms with Gasteiger partial charge in [0, 0.05) is 32.7 Å². The van der Waals surface area contributed by atoms with Crippen molar-refractivity contribution in [3.8, 4) is 11.5 Å². The lowest BCUT2D eigenvalue weighted by atomic mass is 10.1. The Labute approximate surface area is 177 Å². The van der Waals surface area contributed by atoms with Crippen molar-refractivity contribution in [2.24, 2.45) is 0 Å². The largest absolute Gasteiger partial charge is 0.493 e. The minimum atomic E-state index is 0.760. The van der Waals surface area contributed by atoms with E-state index in [2.05, 4.69) is 68.2 Å². The molecule has 2 aromatic carbocycles. The Kier molecular flexibility index (Phi) is 8.19. The van der Waals surface area contributed by atoms with Gasteiger partial charge in [0.15, 0.2) is 11.5 Å². The van der Waals surface area contributed by atoms with Gasteiger partial charge in [-0.25, -0.2) is 0 Å². The van der Waals surface area contributed by atoms with Crippen LogP contribution in [-0.4, -0.2) is 63.3 Å². The summed E-state index contributed by atoms with van der Waals surface area (Å²) in [7, 11) is 3.35. The fourth-order valence-electron chi connectivity index (χ4n) is 3.79. The SMILES string of the molecule is COc1cc(CCN2CCN(CCCc3ccccc3)CC2)cc(Br)c1OC. The van der Waals surface area contributed by atoms with Crippen LogP contribution < -0.4 is 9.47 Å². The second-order valence-electron chi connectivity index (χ2n) is 7.34. The molecule has 0 bridgehead atoms. The Hall–Kier alpha value is -1.56. The molecule has 0 radical (unpaired) electrons. The maximum atomic E-state index is 5.46. The van der Waals surface area contributed by atoms with E-state index in [9.17, 15) is 0 Å². The molecule has 0 amide bonds. The molecule has 0 N–H and O–H groups in total. The quantitative estimate of drug-likeness (QED) is 0.574. The third-order valence-electron chi connectivity index (χ3n) is 5.46. The molecule has 2 aromatic rings. The van der Waals surface area contributed by atoms with Crippen LogP contribution in [0.15, 0.2) is 46.9 Å². The molecule has 1 heterocycles. The van der Waals surface area contributed by atoms with Gasteiger partial charge in [-0.1, -0.05) is 30.3 Å². The van der Waals surface area contributed by atoms with Gasteiger partial charge in [0.1, 0.15) is 0 Å². The lowest BCUT2D eigenvalue weighted by Gasteiger charge is -2.34. The minimum absolute atomic E-state index is 0.760. The number of piperazine rings is 1. The fourth-order valence-corrected chi connectivity index (χ4v) is 4.44. The van der Waals surface area contributed by atoms with Gasteiger partial charge in [-0.05, 0) is 65.0 Å². The molecule has 28 heavy (non-hydrogen) atoms. The Morgan fingerprint density at radius 3 is 2.14 bits per heavy atom. The van der Waals surface area contributed by atoms with Crippen molar-refractivity contribution in [2.45, 2.75) is 19.3 Å². The molecule has 0 aliphatic carbocycles. The van der Waals surface area contributed by atoms with Gasteiger partial charge in [0.25, 0.3) is 0 Å². The maximum absolute atomic E-state index is 5.46. The smallest absolute Gasteiger partial charge is 0.174 e. The lowest BCUT2D eigenvalue weighted by molar-refractivity contribution is 0.132. The van der Waals surface area contributed by atoms with Crippen molar-refractivity contribution < 1.29 is 9.47 Å². The minimum Gasteiger partial charge on any atom is -0.493 e. The van der Waals surface area contributed by atoms with Crippen LogP contribution in [0.2, 0.25) is 0 Å². The van der Waals surface area contributed by atoms with Crippen LogP contribution in [0.4, 0.5) is 0 Å². The summed E-state index contributed by atoms with van der Waals surface area (Å²) in [6, 6.07) is 15.0. The zero-order valence-electron chi connectivity index (χ0n) is 17.0. The van der Waals surface area contributed by atoms with Gasteiger partial charge in [0.2, 0.25) is 0 Å². The van der Waals surface area contributed by atoms with E-state index in [1.807, 2.05) is 0 Å². The Balaban J connectivity index is 1.39. The summed E-state index contributed by atoms with van der Waals surface area (Å²) in [4.78, 5) is 5.17. The van der Waals surface area contributed by atoms with E-state index in [0.717, 1.165) is 42.0 Å². The van der Waals surface area contributed by atoms with E-state index in [4.69, 9.17) is 9.47 Å². The van der Waals surface area contributed by atoms with Crippen molar-refractivity contribution in [3.63, 3.8) is 0 Å². The topological polar surface area (TPSA) is 24.9 Å². The second kappa shape index (κ2) is 10.8. The zero-order chi connectivity index (χ0) is 19.8. The van der Waals surface area contributed by atoms with Gasteiger partial charge in [-0.3, -0.25) is 0 Å². The Morgan fingerprint density at radius 2 is 1.50 bits per heavy atom. The normalized spacial score (nSPS) is 15.5. The Morgan fingerprint density at radius 1 is 0.821 bits per heavy atom. The molecule has 0 saturated carbocycles. The summed E-state index contributed by atoms with van der Waals surface area (Å²) in [6.07, 6.45) is 3.44. The predicted molar refractivity (Wildman–Crippen MR) is 119 cm³/mol. The van der Waals surface area contributed by atoms with Crippen molar-refractivity contribution in [3.05, 3.63) is 58.1 Å². The van der Waals surface area contributed by atoms with Gasteiger partial charge in [0.05, 0.1) is 18.7 Å². The summed E-state index contributed by atoms with van der Waals surface area (Å²) in [5, 5.41) is 0. The van der Waals surface area contributed by atoms with E-state index < -0.39 is 0 Å². The molecule has 152 valence electrons. The fraction of sp³-hybridized carbons (Fsp3) is 0.478. The van der Waals surface area contributed by atoms with Gasteiger partial charge in [-0.15, -0.1) is 0 Å². The lowest BCUT2D eigenvalue weighted by Crippen LogP contribution is -2.47. The highest BCUT2D eigenvalue weighted by Crippen LogP contribution is 2.36. The van der Waals surface area contributed by atoms with Gasteiger partial charge < -0.3 is 19.3 Å². The first kappa shape index (κ1) is 21.2. The molecule has 4 nitrogen and oxygen atoms in total. The molecule has 0 spiro atoms. The molecule has 3 rings (SSSR count). The van der Waals surface area contributed by atoms with Gasteiger partial charge in [-0.2, -0.15) is 0 Å². The predicted octanol–water partition coefficient (Wildman–Crippen LogP) is 4.26. The summed E-state index contributed by atoms with van der Waals surface area (Å²) in [5.41, 5.74) is 2.72. The molecule has 0 aromatic heterocycles. The first-order valence-corrected chi connectivity index (χ1v) is 10.9. The van der Waals surface area contributed by atoms with Crippen LogP contribution in [0, 0.1) is 0 Å². The monoisotopic (exact) mass is 446 g/mol. The number of rotatable bonds is 9. The molecule has 1 aliphatic rings. The highest BCUT2D eigenvalue weighted by Gasteiger charge is 2.17. The van der Waals surface area contributed by atoms with Crippen molar-refractivity contribution in [2.75, 3.05) is 53.5 Å². The molecular formula is C23H31BrN2O2. The number of ether oxygens (including phenoxy) is 2. The highest BCUT2D eigenvalue weighted by molar-refractivity contribution is 9.10. The molecule has 1 aliphatic heterocycles. The van der Waals surface area contributed by atoms with E-state index in [1.165, 1.54) is 43.6 Å². The van der Waals surface area contributed by atoms with Crippen molar-refractivity contribution >= 4 is 15.9 Å². The van der Waals surface area contributed by atoms with Crippen molar-refractivity contribution in [1.29, 1.82) is 0 Å². The summed E-state index contributed by atoms with van der Waals surface area (Å²) in [5.74, 6) is 1.55. The number of hydrogen-bond donors (Lipinski definition) is 0. The average molecular weight is 447 g/mol. The summed E-state index contributed by atoms with van der Waals surface area (Å²) in [6.45, 7) is 6.93. The van der Waals surface area contributed by atoms with Crippen LogP contribution in [0.25, 0.3) is 0 Å². The van der Waals surface area contributed by atoms with Crippen LogP contribution in [0.3, 0.4) is 0 Å². The third-order valence-corrected chi connectivity index (χ3v) is 6.05. The number of nitrogens with zero attached hydrogens (tertiary/aromatic N) is 2. The maximum Gasteiger partial charge on any atom is 0.174 e. The average Bonchev–Trinajstić information content (AvgIpc) is 2.73. The van der Waals surface area contributed by atoms with Crippen LogP contribution in [-0.2, 0) is 12.8 Å². The van der Waals surface area contributed by atoms with Crippen LogP contribution in [0.5, 0.6) is 11.5 Å². The number of aryl methyl sites for hydroxylation is 1. The van der Waals surface area contributed by atoms with E-state index in [1.54, 1.807) is 14.2 Å². The number of methoxy groups -OCH3 is 2. The summed E-state index contributed by atoms with van der Waals surface area (Å²) >= 11 is 3.59. The highest BCUT2D eigenvalue weighted by atomic mass is 79.9. The first-order valence-electron chi connectivity index (χ1n) is 10.1. The molecule has 1 fully saturated rings. The zero-order valence-corrected chi connectivity index (χ0v) is 18.6. The first-order chi connectivity index (χ1) is 13.7. The second-order valence-corrected chi connectivity index (χ2v) is 8.19.